The smallest absolute Gasteiger partial charge is 0.148 e. The number of nitrogens with zero attached hydrogens (tertiary/aromatic N) is 3. The Kier molecular flexibility index (Phi) is 5.11. The zero-order chi connectivity index (χ0) is 16.4. The average Bonchev–Trinajstić information content (AvgIpc) is 2.94. The van der Waals surface area contributed by atoms with Gasteiger partial charge in [0.15, 0.2) is 0 Å². The first-order valence-corrected chi connectivity index (χ1v) is 8.18. The Hall–Kier alpha value is -1.27. The third kappa shape index (κ3) is 3.63. The number of ether oxygens (including phenoxy) is 2. The van der Waals surface area contributed by atoms with E-state index in [2.05, 4.69) is 16.9 Å². The van der Waals surface area contributed by atoms with Crippen LogP contribution in [0.3, 0.4) is 0 Å². The van der Waals surface area contributed by atoms with Crippen LogP contribution in [-0.2, 0) is 11.3 Å². The van der Waals surface area contributed by atoms with E-state index in [9.17, 15) is 0 Å². The van der Waals surface area contributed by atoms with Crippen LogP contribution >= 0.6 is 23.2 Å². The number of aromatic nitrogens is 2. The fourth-order valence-corrected chi connectivity index (χ4v) is 3.40. The summed E-state index contributed by atoms with van der Waals surface area (Å²) in [7, 11) is 3.69. The van der Waals surface area contributed by atoms with E-state index < -0.39 is 0 Å². The Labute approximate surface area is 145 Å². The summed E-state index contributed by atoms with van der Waals surface area (Å²) < 4.78 is 13.3. The molecule has 0 amide bonds. The van der Waals surface area contributed by atoms with Gasteiger partial charge in [0.1, 0.15) is 11.6 Å². The fraction of sp³-hybridized carbons (Fsp3) is 0.438. The third-order valence-electron chi connectivity index (χ3n) is 3.91. The third-order valence-corrected chi connectivity index (χ3v) is 4.41. The lowest BCUT2D eigenvalue weighted by Gasteiger charge is -2.30. The van der Waals surface area contributed by atoms with E-state index in [0.29, 0.717) is 22.3 Å². The van der Waals surface area contributed by atoms with Crippen molar-refractivity contribution in [1.29, 1.82) is 0 Å². The van der Waals surface area contributed by atoms with Crippen LogP contribution < -0.4 is 4.74 Å². The molecule has 124 valence electrons. The molecule has 1 saturated heterocycles. The molecular formula is C16H19Cl2N3O2. The quantitative estimate of drug-likeness (QED) is 0.844. The molecule has 2 aromatic rings. The highest BCUT2D eigenvalue weighted by Crippen LogP contribution is 2.38. The van der Waals surface area contributed by atoms with Gasteiger partial charge in [-0.1, -0.05) is 23.2 Å². The summed E-state index contributed by atoms with van der Waals surface area (Å²) in [5.41, 5.74) is 0.777. The second kappa shape index (κ2) is 7.09. The zero-order valence-electron chi connectivity index (χ0n) is 13.1. The number of benzene rings is 1. The summed E-state index contributed by atoms with van der Waals surface area (Å²) >= 11 is 12.4. The van der Waals surface area contributed by atoms with Gasteiger partial charge in [0.05, 0.1) is 37.0 Å². The summed E-state index contributed by atoms with van der Waals surface area (Å²) in [5, 5.41) is 1.02. The molecule has 1 unspecified atom stereocenters. The highest BCUT2D eigenvalue weighted by Gasteiger charge is 2.21. The molecule has 0 N–H and O–H groups in total. The van der Waals surface area contributed by atoms with Gasteiger partial charge in [0, 0.05) is 30.5 Å². The molecule has 5 nitrogen and oxygen atoms in total. The molecule has 1 aromatic carbocycles. The maximum Gasteiger partial charge on any atom is 0.148 e. The number of halogens is 2. The van der Waals surface area contributed by atoms with E-state index in [4.69, 9.17) is 32.7 Å². The van der Waals surface area contributed by atoms with Gasteiger partial charge >= 0.3 is 0 Å². The standard InChI is InChI=1S/C16H19Cl2N3O2/c1-20-5-6-23-12(9-20)10-21-4-3-19-16(21)13-7-11(17)8-14(18)15(13)22-2/h3-4,7-8,12H,5-6,9-10H2,1-2H3. The maximum atomic E-state index is 6.24. The van der Waals surface area contributed by atoms with E-state index in [0.717, 1.165) is 31.1 Å². The van der Waals surface area contributed by atoms with Crippen molar-refractivity contribution < 1.29 is 9.47 Å². The first-order valence-electron chi connectivity index (χ1n) is 7.43. The summed E-state index contributed by atoms with van der Waals surface area (Å²) in [4.78, 5) is 6.72. The van der Waals surface area contributed by atoms with Gasteiger partial charge < -0.3 is 18.9 Å². The van der Waals surface area contributed by atoms with E-state index in [1.165, 1.54) is 0 Å². The van der Waals surface area contributed by atoms with Crippen molar-refractivity contribution in [3.63, 3.8) is 0 Å². The molecule has 0 spiro atoms. The number of likely N-dealkylation sites (N-methyl/N-ethyl adjacent to an activating group) is 1. The van der Waals surface area contributed by atoms with Crippen LogP contribution in [0.5, 0.6) is 5.75 Å². The second-order valence-electron chi connectivity index (χ2n) is 5.63. The topological polar surface area (TPSA) is 39.5 Å². The van der Waals surface area contributed by atoms with Gasteiger partial charge in [-0.25, -0.2) is 4.98 Å². The molecule has 0 radical (unpaired) electrons. The van der Waals surface area contributed by atoms with Gasteiger partial charge in [-0.15, -0.1) is 0 Å². The normalized spacial score (nSPS) is 19.0. The molecule has 7 heteroatoms. The Balaban J connectivity index is 1.92. The molecule has 23 heavy (non-hydrogen) atoms. The van der Waals surface area contributed by atoms with Crippen LogP contribution in [0.15, 0.2) is 24.5 Å². The highest BCUT2D eigenvalue weighted by molar-refractivity contribution is 6.36. The molecule has 2 heterocycles. The van der Waals surface area contributed by atoms with Crippen LogP contribution in [0, 0.1) is 0 Å². The average molecular weight is 356 g/mol. The predicted molar refractivity (Wildman–Crippen MR) is 91.5 cm³/mol. The van der Waals surface area contributed by atoms with Gasteiger partial charge in [-0.3, -0.25) is 0 Å². The number of morpholine rings is 1. The van der Waals surface area contributed by atoms with Crippen LogP contribution in [0.25, 0.3) is 11.4 Å². The summed E-state index contributed by atoms with van der Waals surface area (Å²) in [5.74, 6) is 1.34. The van der Waals surface area contributed by atoms with Crippen molar-refractivity contribution in [2.45, 2.75) is 12.6 Å². The minimum Gasteiger partial charge on any atom is -0.494 e. The van der Waals surface area contributed by atoms with Crippen LogP contribution in [0.2, 0.25) is 10.0 Å². The molecule has 1 aliphatic heterocycles. The fourth-order valence-electron chi connectivity index (χ4n) is 2.83. The number of hydrogen-bond donors (Lipinski definition) is 0. The first kappa shape index (κ1) is 16.6. The van der Waals surface area contributed by atoms with E-state index in [-0.39, 0.29) is 6.10 Å². The van der Waals surface area contributed by atoms with Crippen molar-refractivity contribution in [1.82, 2.24) is 14.5 Å². The van der Waals surface area contributed by atoms with Crippen molar-refractivity contribution in [3.05, 3.63) is 34.6 Å². The van der Waals surface area contributed by atoms with Gasteiger partial charge in [0.25, 0.3) is 0 Å². The SMILES string of the molecule is COc1c(Cl)cc(Cl)cc1-c1nccn1CC1CN(C)CCO1. The Morgan fingerprint density at radius 2 is 2.22 bits per heavy atom. The van der Waals surface area contributed by atoms with Gasteiger partial charge in [0.2, 0.25) is 0 Å². The Morgan fingerprint density at radius 3 is 2.96 bits per heavy atom. The monoisotopic (exact) mass is 355 g/mol. The molecule has 1 aliphatic rings. The molecule has 0 aliphatic carbocycles. The summed E-state index contributed by atoms with van der Waals surface area (Å²) in [6.45, 7) is 3.32. The van der Waals surface area contributed by atoms with E-state index >= 15 is 0 Å². The van der Waals surface area contributed by atoms with Crippen molar-refractivity contribution in [3.8, 4) is 17.1 Å². The maximum absolute atomic E-state index is 6.24. The van der Waals surface area contributed by atoms with Crippen molar-refractivity contribution in [2.24, 2.45) is 0 Å². The van der Waals surface area contributed by atoms with Crippen molar-refractivity contribution in [2.75, 3.05) is 33.9 Å². The number of rotatable bonds is 4. The lowest BCUT2D eigenvalue weighted by Crippen LogP contribution is -2.41. The number of imidazole rings is 1. The summed E-state index contributed by atoms with van der Waals surface area (Å²) in [6.07, 6.45) is 3.82. The summed E-state index contributed by atoms with van der Waals surface area (Å²) in [6, 6.07) is 3.48. The van der Waals surface area contributed by atoms with Crippen LogP contribution in [-0.4, -0.2) is 54.4 Å². The molecule has 1 fully saturated rings. The van der Waals surface area contributed by atoms with Crippen LogP contribution in [0.1, 0.15) is 0 Å². The minimum atomic E-state index is 0.127. The molecular weight excluding hydrogens is 337 g/mol. The molecule has 0 saturated carbocycles. The second-order valence-corrected chi connectivity index (χ2v) is 6.47. The Bertz CT molecular complexity index is 690. The molecule has 0 bridgehead atoms. The molecule has 3 rings (SSSR count). The highest BCUT2D eigenvalue weighted by atomic mass is 35.5. The number of methoxy groups -OCH3 is 1. The first-order chi connectivity index (χ1) is 11.1. The lowest BCUT2D eigenvalue weighted by atomic mass is 10.1. The lowest BCUT2D eigenvalue weighted by molar-refractivity contribution is -0.0272. The molecule has 1 atom stereocenters. The van der Waals surface area contributed by atoms with Crippen LogP contribution in [0.4, 0.5) is 0 Å². The minimum absolute atomic E-state index is 0.127. The van der Waals surface area contributed by atoms with Crippen molar-refractivity contribution >= 4 is 23.2 Å². The predicted octanol–water partition coefficient (Wildman–Crippen LogP) is 3.20. The Morgan fingerprint density at radius 1 is 1.39 bits per heavy atom. The largest absolute Gasteiger partial charge is 0.494 e. The van der Waals surface area contributed by atoms with E-state index in [1.54, 1.807) is 19.4 Å². The number of hydrogen-bond acceptors (Lipinski definition) is 4. The zero-order valence-corrected chi connectivity index (χ0v) is 14.6. The van der Waals surface area contributed by atoms with Gasteiger partial charge in [-0.05, 0) is 19.2 Å². The van der Waals surface area contributed by atoms with E-state index in [1.807, 2.05) is 16.8 Å². The van der Waals surface area contributed by atoms with Gasteiger partial charge in [-0.2, -0.15) is 0 Å². The molecule has 1 aromatic heterocycles.